The highest BCUT2D eigenvalue weighted by Crippen LogP contribution is 2.30. The van der Waals surface area contributed by atoms with E-state index in [0.717, 1.165) is 10.6 Å². The van der Waals surface area contributed by atoms with Crippen molar-refractivity contribution in [2.24, 2.45) is 0 Å². The third-order valence-corrected chi connectivity index (χ3v) is 8.54. The van der Waals surface area contributed by atoms with Crippen molar-refractivity contribution in [2.45, 2.75) is 25.2 Å². The molecule has 0 atom stereocenters. The molecule has 1 fully saturated rings. The maximum Gasteiger partial charge on any atom is 0.248 e. The lowest BCUT2D eigenvalue weighted by Crippen LogP contribution is -2.51. The average Bonchev–Trinajstić information content (AvgIpc) is 3.34. The Bertz CT molecular complexity index is 1190. The third kappa shape index (κ3) is 4.38. The second kappa shape index (κ2) is 8.70. The monoisotopic (exact) mass is 480 g/mol. The maximum atomic E-state index is 12.9. The van der Waals surface area contributed by atoms with E-state index >= 15 is 0 Å². The van der Waals surface area contributed by atoms with Crippen molar-refractivity contribution in [1.82, 2.24) is 19.3 Å². The molecule has 1 amide bonds. The smallest absolute Gasteiger partial charge is 0.248 e. The van der Waals surface area contributed by atoms with Crippen molar-refractivity contribution < 1.29 is 17.7 Å². The number of nitrogens with zero attached hydrogens (tertiary/aromatic N) is 4. The van der Waals surface area contributed by atoms with Gasteiger partial charge in [-0.05, 0) is 19.9 Å². The molecule has 1 aliphatic rings. The minimum Gasteiger partial charge on any atom is -0.360 e. The fourth-order valence-corrected chi connectivity index (χ4v) is 6.42. The van der Waals surface area contributed by atoms with E-state index in [0.29, 0.717) is 29.5 Å². The zero-order valence-electron chi connectivity index (χ0n) is 17.0. The van der Waals surface area contributed by atoms with Crippen LogP contribution in [0.2, 0.25) is 5.02 Å². The molecule has 1 aliphatic heterocycles. The van der Waals surface area contributed by atoms with Gasteiger partial charge in [-0.2, -0.15) is 4.31 Å². The molecule has 1 aromatic carbocycles. The zero-order valence-corrected chi connectivity index (χ0v) is 19.4. The van der Waals surface area contributed by atoms with E-state index in [1.165, 1.54) is 15.6 Å². The summed E-state index contributed by atoms with van der Waals surface area (Å²) in [6, 6.07) is 7.45. The maximum absolute atomic E-state index is 12.9. The molecule has 0 saturated carbocycles. The topological polar surface area (TPSA) is 96.6 Å². The van der Waals surface area contributed by atoms with Crippen molar-refractivity contribution >= 4 is 38.9 Å². The van der Waals surface area contributed by atoms with Crippen LogP contribution in [0.1, 0.15) is 17.1 Å². The quantitative estimate of drug-likeness (QED) is 0.556. The van der Waals surface area contributed by atoms with Gasteiger partial charge in [0.1, 0.15) is 15.6 Å². The molecule has 2 aromatic heterocycles. The molecule has 4 rings (SSSR count). The number of aromatic nitrogens is 2. The lowest BCUT2D eigenvalue weighted by Gasteiger charge is -2.33. The number of carbonyl (C=O) groups is 1. The van der Waals surface area contributed by atoms with Gasteiger partial charge in [-0.25, -0.2) is 13.4 Å². The van der Waals surface area contributed by atoms with Crippen LogP contribution in [0.5, 0.6) is 0 Å². The van der Waals surface area contributed by atoms with Crippen LogP contribution in [0.4, 0.5) is 0 Å². The highest BCUT2D eigenvalue weighted by Gasteiger charge is 2.34. The Labute approximate surface area is 189 Å². The number of thiazole rings is 1. The molecule has 0 spiro atoms. The molecule has 8 nitrogen and oxygen atoms in total. The molecular formula is C20H21ClN4O4S2. The summed E-state index contributed by atoms with van der Waals surface area (Å²) in [7, 11) is -3.70. The lowest BCUT2D eigenvalue weighted by atomic mass is 10.2. The van der Waals surface area contributed by atoms with Crippen molar-refractivity contribution in [1.29, 1.82) is 0 Å². The number of benzene rings is 1. The van der Waals surface area contributed by atoms with E-state index in [1.54, 1.807) is 24.8 Å². The predicted molar refractivity (Wildman–Crippen MR) is 118 cm³/mol. The fourth-order valence-electron chi connectivity index (χ4n) is 3.56. The Balaban J connectivity index is 1.39. The number of piperazine rings is 1. The van der Waals surface area contributed by atoms with E-state index < -0.39 is 10.0 Å². The van der Waals surface area contributed by atoms with Gasteiger partial charge in [0.2, 0.25) is 15.9 Å². The van der Waals surface area contributed by atoms with E-state index in [-0.39, 0.29) is 36.1 Å². The van der Waals surface area contributed by atoms with Gasteiger partial charge < -0.3 is 9.42 Å². The van der Waals surface area contributed by atoms with Gasteiger partial charge in [0.15, 0.2) is 5.76 Å². The van der Waals surface area contributed by atoms with Gasteiger partial charge in [0, 0.05) is 37.1 Å². The van der Waals surface area contributed by atoms with Gasteiger partial charge in [0.05, 0.1) is 17.1 Å². The van der Waals surface area contributed by atoms with Crippen LogP contribution in [-0.2, 0) is 21.2 Å². The lowest BCUT2D eigenvalue weighted by molar-refractivity contribution is -0.131. The van der Waals surface area contributed by atoms with Crippen LogP contribution in [0, 0.1) is 13.8 Å². The van der Waals surface area contributed by atoms with Crippen molar-refractivity contribution in [3.05, 3.63) is 51.8 Å². The number of rotatable bonds is 5. The number of sulfonamides is 1. The second-order valence-electron chi connectivity index (χ2n) is 7.24. The minimum absolute atomic E-state index is 0.0783. The van der Waals surface area contributed by atoms with Crippen molar-refractivity contribution in [3.63, 3.8) is 0 Å². The summed E-state index contributed by atoms with van der Waals surface area (Å²) < 4.78 is 32.2. The first kappa shape index (κ1) is 21.9. The van der Waals surface area contributed by atoms with Crippen LogP contribution in [0.25, 0.3) is 10.6 Å². The Morgan fingerprint density at radius 2 is 1.90 bits per heavy atom. The Morgan fingerprint density at radius 1 is 1.19 bits per heavy atom. The number of aryl methyl sites for hydroxylation is 2. The van der Waals surface area contributed by atoms with E-state index in [9.17, 15) is 13.2 Å². The summed E-state index contributed by atoms with van der Waals surface area (Å²) in [6.45, 7) is 4.28. The second-order valence-corrected chi connectivity index (χ2v) is 10.4. The van der Waals surface area contributed by atoms with Crippen molar-refractivity contribution in [2.75, 3.05) is 26.2 Å². The third-order valence-electron chi connectivity index (χ3n) is 5.15. The van der Waals surface area contributed by atoms with E-state index in [1.807, 2.05) is 23.6 Å². The number of halogens is 1. The first-order valence-electron chi connectivity index (χ1n) is 9.67. The van der Waals surface area contributed by atoms with Gasteiger partial charge in [0.25, 0.3) is 0 Å². The molecule has 0 radical (unpaired) electrons. The largest absolute Gasteiger partial charge is 0.360 e. The molecular weight excluding hydrogens is 460 g/mol. The van der Waals surface area contributed by atoms with E-state index in [2.05, 4.69) is 10.1 Å². The highest BCUT2D eigenvalue weighted by atomic mass is 35.5. The van der Waals surface area contributed by atoms with Gasteiger partial charge in [-0.15, -0.1) is 11.3 Å². The minimum atomic E-state index is -3.70. The van der Waals surface area contributed by atoms with Gasteiger partial charge in [-0.3, -0.25) is 4.79 Å². The molecule has 164 valence electrons. The number of carbonyl (C=O) groups excluding carboxylic acids is 1. The summed E-state index contributed by atoms with van der Waals surface area (Å²) in [6.07, 6.45) is 0.164. The van der Waals surface area contributed by atoms with E-state index in [4.69, 9.17) is 16.1 Å². The fraction of sp³-hybridized carbons (Fsp3) is 0.350. The van der Waals surface area contributed by atoms with Crippen LogP contribution in [0.15, 0.2) is 39.1 Å². The molecule has 0 unspecified atom stereocenters. The first-order valence-corrected chi connectivity index (χ1v) is 12.4. The molecule has 0 aliphatic carbocycles. The molecule has 3 aromatic rings. The number of amides is 1. The van der Waals surface area contributed by atoms with Gasteiger partial charge in [-0.1, -0.05) is 35.0 Å². The Morgan fingerprint density at radius 3 is 2.55 bits per heavy atom. The molecule has 31 heavy (non-hydrogen) atoms. The standard InChI is InChI=1S/C20H21ClN4O4S2/c1-13-19(14(2)29-23-13)31(27,28)25-9-7-24(8-10-25)18(26)11-15-12-30-20(22-15)16-5-3-4-6-17(16)21/h3-6,12H,7-11H2,1-2H3. The van der Waals surface area contributed by atoms with Crippen LogP contribution in [0.3, 0.4) is 0 Å². The average molecular weight is 481 g/mol. The Kier molecular flexibility index (Phi) is 6.16. The molecule has 0 bridgehead atoms. The first-order chi connectivity index (χ1) is 14.8. The summed E-state index contributed by atoms with van der Waals surface area (Å²) >= 11 is 7.67. The highest BCUT2D eigenvalue weighted by molar-refractivity contribution is 7.89. The zero-order chi connectivity index (χ0) is 22.2. The number of hydrogen-bond acceptors (Lipinski definition) is 7. The number of hydrogen-bond donors (Lipinski definition) is 0. The van der Waals surface area contributed by atoms with Crippen LogP contribution >= 0.6 is 22.9 Å². The van der Waals surface area contributed by atoms with Crippen molar-refractivity contribution in [3.8, 4) is 10.6 Å². The predicted octanol–water partition coefficient (Wildman–Crippen LogP) is 3.14. The molecule has 1 saturated heterocycles. The normalized spacial score (nSPS) is 15.4. The summed E-state index contributed by atoms with van der Waals surface area (Å²) in [4.78, 5) is 19.1. The molecule has 0 N–H and O–H groups in total. The molecule has 3 heterocycles. The summed E-state index contributed by atoms with van der Waals surface area (Å²) in [5.41, 5.74) is 1.86. The summed E-state index contributed by atoms with van der Waals surface area (Å²) in [5.74, 6) is 0.194. The Hall–Kier alpha value is -2.27. The molecule has 11 heteroatoms. The van der Waals surface area contributed by atoms with Crippen LogP contribution < -0.4 is 0 Å². The SMILES string of the molecule is Cc1noc(C)c1S(=O)(=O)N1CCN(C(=O)Cc2csc(-c3ccccc3Cl)n2)CC1. The summed E-state index contributed by atoms with van der Waals surface area (Å²) in [5, 5.41) is 6.98. The van der Waals surface area contributed by atoms with Gasteiger partial charge >= 0.3 is 0 Å². The van der Waals surface area contributed by atoms with Crippen LogP contribution in [-0.4, -0.2) is 59.8 Å².